The van der Waals surface area contributed by atoms with E-state index in [4.69, 9.17) is 0 Å². The number of hydrogen-bond donors (Lipinski definition) is 0. The molecule has 0 aliphatic heterocycles. The number of hydrogen-bond acceptors (Lipinski definition) is 3. The maximum absolute atomic E-state index is 10.5. The first kappa shape index (κ1) is 9.09. The Morgan fingerprint density at radius 1 is 1.43 bits per heavy atom. The lowest BCUT2D eigenvalue weighted by atomic mass is 10.1. The second-order valence-corrected chi connectivity index (χ2v) is 3.92. The van der Waals surface area contributed by atoms with Crippen LogP contribution in [0.25, 0.3) is 10.6 Å². The molecule has 0 bridgehead atoms. The summed E-state index contributed by atoms with van der Waals surface area (Å²) in [6.07, 6.45) is 2.64. The molecular formula is C11H9NOS. The lowest BCUT2D eigenvalue weighted by Crippen LogP contribution is -1.85. The zero-order valence-corrected chi connectivity index (χ0v) is 8.54. The molecule has 0 aliphatic carbocycles. The van der Waals surface area contributed by atoms with Crippen molar-refractivity contribution < 1.29 is 4.79 Å². The topological polar surface area (TPSA) is 30.0 Å². The van der Waals surface area contributed by atoms with E-state index in [1.165, 1.54) is 0 Å². The summed E-state index contributed by atoms with van der Waals surface area (Å²) in [5.74, 6) is 0. The molecule has 0 radical (unpaired) electrons. The fourth-order valence-corrected chi connectivity index (χ4v) is 2.08. The van der Waals surface area contributed by atoms with Gasteiger partial charge in [-0.05, 0) is 18.6 Å². The summed E-state index contributed by atoms with van der Waals surface area (Å²) in [6.45, 7) is 1.99. The van der Waals surface area contributed by atoms with E-state index in [-0.39, 0.29) is 0 Å². The summed E-state index contributed by atoms with van der Waals surface area (Å²) < 4.78 is 0. The summed E-state index contributed by atoms with van der Waals surface area (Å²) >= 11 is 1.60. The molecule has 0 saturated carbocycles. The van der Waals surface area contributed by atoms with E-state index in [9.17, 15) is 4.79 Å². The van der Waals surface area contributed by atoms with Gasteiger partial charge in [0.15, 0.2) is 0 Å². The normalized spacial score (nSPS) is 10.1. The van der Waals surface area contributed by atoms with Gasteiger partial charge >= 0.3 is 0 Å². The van der Waals surface area contributed by atoms with Gasteiger partial charge in [0.05, 0.1) is 0 Å². The van der Waals surface area contributed by atoms with Gasteiger partial charge in [-0.3, -0.25) is 4.79 Å². The Hall–Kier alpha value is -1.48. The number of carbonyl (C=O) groups is 1. The minimum Gasteiger partial charge on any atom is -0.298 e. The SMILES string of the molecule is Cc1cc(C=O)ccc1-c1nccs1. The van der Waals surface area contributed by atoms with Crippen LogP contribution in [-0.4, -0.2) is 11.3 Å². The predicted molar refractivity (Wildman–Crippen MR) is 57.7 cm³/mol. The minimum atomic E-state index is 0.711. The number of rotatable bonds is 2. The molecule has 1 heterocycles. The summed E-state index contributed by atoms with van der Waals surface area (Å²) in [5, 5.41) is 2.95. The van der Waals surface area contributed by atoms with Gasteiger partial charge in [-0.1, -0.05) is 12.1 Å². The van der Waals surface area contributed by atoms with Crippen molar-refractivity contribution in [2.75, 3.05) is 0 Å². The first-order chi connectivity index (χ1) is 6.81. The highest BCUT2D eigenvalue weighted by Gasteiger charge is 2.04. The van der Waals surface area contributed by atoms with Gasteiger partial charge in [-0.25, -0.2) is 4.98 Å². The van der Waals surface area contributed by atoms with Crippen LogP contribution in [0.15, 0.2) is 29.8 Å². The first-order valence-electron chi connectivity index (χ1n) is 4.27. The fourth-order valence-electron chi connectivity index (χ4n) is 1.36. The standard InChI is InChI=1S/C11H9NOS/c1-8-6-9(7-13)2-3-10(8)11-12-4-5-14-11/h2-7H,1H3. The van der Waals surface area contributed by atoms with E-state index < -0.39 is 0 Å². The molecule has 0 atom stereocenters. The second kappa shape index (κ2) is 3.72. The van der Waals surface area contributed by atoms with Crippen molar-refractivity contribution in [1.82, 2.24) is 4.98 Å². The average Bonchev–Trinajstić information content (AvgIpc) is 2.70. The van der Waals surface area contributed by atoms with Crippen LogP contribution >= 0.6 is 11.3 Å². The van der Waals surface area contributed by atoms with Gasteiger partial charge < -0.3 is 0 Å². The van der Waals surface area contributed by atoms with Gasteiger partial charge in [0.2, 0.25) is 0 Å². The number of aromatic nitrogens is 1. The maximum Gasteiger partial charge on any atom is 0.150 e. The molecule has 0 N–H and O–H groups in total. The van der Waals surface area contributed by atoms with Crippen molar-refractivity contribution >= 4 is 17.6 Å². The largest absolute Gasteiger partial charge is 0.298 e. The molecule has 3 heteroatoms. The van der Waals surface area contributed by atoms with Crippen molar-refractivity contribution in [1.29, 1.82) is 0 Å². The van der Waals surface area contributed by atoms with Crippen LogP contribution in [-0.2, 0) is 0 Å². The Kier molecular flexibility index (Phi) is 2.41. The predicted octanol–water partition coefficient (Wildman–Crippen LogP) is 2.93. The second-order valence-electron chi connectivity index (χ2n) is 3.03. The fraction of sp³-hybridized carbons (Fsp3) is 0.0909. The number of aryl methyl sites for hydroxylation is 1. The molecule has 70 valence electrons. The number of aldehydes is 1. The van der Waals surface area contributed by atoms with Crippen LogP contribution in [0, 0.1) is 6.92 Å². The molecule has 0 amide bonds. The van der Waals surface area contributed by atoms with E-state index in [0.29, 0.717) is 5.56 Å². The van der Waals surface area contributed by atoms with Gasteiger partial charge in [-0.2, -0.15) is 0 Å². The molecule has 0 saturated heterocycles. The van der Waals surface area contributed by atoms with Crippen LogP contribution in [0.1, 0.15) is 15.9 Å². The van der Waals surface area contributed by atoms with Crippen molar-refractivity contribution in [2.24, 2.45) is 0 Å². The smallest absolute Gasteiger partial charge is 0.150 e. The number of nitrogens with zero attached hydrogens (tertiary/aromatic N) is 1. The molecule has 1 aromatic heterocycles. The van der Waals surface area contributed by atoms with Crippen LogP contribution in [0.3, 0.4) is 0 Å². The summed E-state index contributed by atoms with van der Waals surface area (Å²) in [4.78, 5) is 14.8. The minimum absolute atomic E-state index is 0.711. The Morgan fingerprint density at radius 3 is 2.86 bits per heavy atom. The maximum atomic E-state index is 10.5. The highest BCUT2D eigenvalue weighted by atomic mass is 32.1. The molecule has 0 aliphatic rings. The van der Waals surface area contributed by atoms with E-state index in [1.807, 2.05) is 30.5 Å². The third-order valence-corrected chi connectivity index (χ3v) is 2.86. The Balaban J connectivity index is 2.51. The number of benzene rings is 1. The van der Waals surface area contributed by atoms with Crippen LogP contribution < -0.4 is 0 Å². The van der Waals surface area contributed by atoms with E-state index in [2.05, 4.69) is 4.98 Å². The van der Waals surface area contributed by atoms with E-state index in [0.717, 1.165) is 22.4 Å². The van der Waals surface area contributed by atoms with Crippen LogP contribution in [0.4, 0.5) is 0 Å². The zero-order valence-electron chi connectivity index (χ0n) is 7.73. The highest BCUT2D eigenvalue weighted by molar-refractivity contribution is 7.13. The van der Waals surface area contributed by atoms with E-state index >= 15 is 0 Å². The molecule has 0 unspecified atom stereocenters. The monoisotopic (exact) mass is 203 g/mol. The molecule has 2 rings (SSSR count). The Bertz CT molecular complexity index is 448. The molecule has 2 aromatic rings. The zero-order chi connectivity index (χ0) is 9.97. The highest BCUT2D eigenvalue weighted by Crippen LogP contribution is 2.25. The van der Waals surface area contributed by atoms with Crippen molar-refractivity contribution in [3.63, 3.8) is 0 Å². The van der Waals surface area contributed by atoms with Crippen molar-refractivity contribution in [2.45, 2.75) is 6.92 Å². The molecule has 1 aromatic carbocycles. The first-order valence-corrected chi connectivity index (χ1v) is 5.15. The van der Waals surface area contributed by atoms with Gasteiger partial charge in [0.25, 0.3) is 0 Å². The molecule has 2 nitrogen and oxygen atoms in total. The third kappa shape index (κ3) is 1.59. The Labute approximate surface area is 86.2 Å². The molecule has 14 heavy (non-hydrogen) atoms. The molecular weight excluding hydrogens is 194 g/mol. The quantitative estimate of drug-likeness (QED) is 0.702. The molecule has 0 spiro atoms. The van der Waals surface area contributed by atoms with Gasteiger partial charge in [0.1, 0.15) is 11.3 Å². The lowest BCUT2D eigenvalue weighted by molar-refractivity contribution is 0.112. The van der Waals surface area contributed by atoms with Gasteiger partial charge in [-0.15, -0.1) is 11.3 Å². The summed E-state index contributed by atoms with van der Waals surface area (Å²) in [5.41, 5.74) is 2.90. The Morgan fingerprint density at radius 2 is 2.29 bits per heavy atom. The van der Waals surface area contributed by atoms with E-state index in [1.54, 1.807) is 17.5 Å². The number of carbonyl (C=O) groups excluding carboxylic acids is 1. The number of thiazole rings is 1. The van der Waals surface area contributed by atoms with Gasteiger partial charge in [0, 0.05) is 22.7 Å². The van der Waals surface area contributed by atoms with Crippen LogP contribution in [0.2, 0.25) is 0 Å². The van der Waals surface area contributed by atoms with Crippen molar-refractivity contribution in [3.8, 4) is 10.6 Å². The molecule has 0 fully saturated rings. The average molecular weight is 203 g/mol. The lowest BCUT2D eigenvalue weighted by Gasteiger charge is -2.02. The summed E-state index contributed by atoms with van der Waals surface area (Å²) in [6, 6.07) is 5.64. The van der Waals surface area contributed by atoms with Crippen molar-refractivity contribution in [3.05, 3.63) is 40.9 Å². The third-order valence-electron chi connectivity index (χ3n) is 2.05. The van der Waals surface area contributed by atoms with Crippen LogP contribution in [0.5, 0.6) is 0 Å². The summed E-state index contributed by atoms with van der Waals surface area (Å²) in [7, 11) is 0.